The number of para-hydroxylation sites is 2. The normalized spacial score (nSPS) is 17.0. The zero-order valence-corrected chi connectivity index (χ0v) is 12.7. The molecule has 1 N–H and O–H groups in total. The SMILES string of the molecule is Cc1cc2n(CC[NH+]3CCCCC3)c3ccccc3n2n1. The zero-order chi connectivity index (χ0) is 14.2. The molecule has 1 aliphatic heterocycles. The summed E-state index contributed by atoms with van der Waals surface area (Å²) in [6.07, 6.45) is 4.20. The number of benzene rings is 1. The molecule has 1 aliphatic rings. The summed E-state index contributed by atoms with van der Waals surface area (Å²) in [4.78, 5) is 1.76. The molecule has 21 heavy (non-hydrogen) atoms. The van der Waals surface area contributed by atoms with Crippen LogP contribution in [0.4, 0.5) is 0 Å². The first-order valence-corrected chi connectivity index (χ1v) is 8.10. The number of piperidine rings is 1. The molecule has 0 atom stereocenters. The maximum absolute atomic E-state index is 4.65. The van der Waals surface area contributed by atoms with E-state index in [9.17, 15) is 0 Å². The number of hydrogen-bond donors (Lipinski definition) is 1. The van der Waals surface area contributed by atoms with Crippen molar-refractivity contribution in [3.8, 4) is 0 Å². The van der Waals surface area contributed by atoms with Crippen molar-refractivity contribution in [3.05, 3.63) is 36.0 Å². The summed E-state index contributed by atoms with van der Waals surface area (Å²) in [7, 11) is 0. The third kappa shape index (κ3) is 2.23. The van der Waals surface area contributed by atoms with E-state index < -0.39 is 0 Å². The first kappa shape index (κ1) is 12.9. The van der Waals surface area contributed by atoms with Gasteiger partial charge in [0.1, 0.15) is 5.65 Å². The molecular weight excluding hydrogens is 260 g/mol. The molecule has 110 valence electrons. The Labute approximate surface area is 125 Å². The molecule has 1 fully saturated rings. The second kappa shape index (κ2) is 5.19. The van der Waals surface area contributed by atoms with E-state index in [-0.39, 0.29) is 0 Å². The van der Waals surface area contributed by atoms with Gasteiger partial charge in [0.2, 0.25) is 0 Å². The highest BCUT2D eigenvalue weighted by Crippen LogP contribution is 2.20. The molecule has 4 rings (SSSR count). The second-order valence-corrected chi connectivity index (χ2v) is 6.26. The summed E-state index contributed by atoms with van der Waals surface area (Å²) < 4.78 is 4.53. The van der Waals surface area contributed by atoms with Gasteiger partial charge in [-0.15, -0.1) is 0 Å². The zero-order valence-electron chi connectivity index (χ0n) is 12.7. The van der Waals surface area contributed by atoms with Crippen molar-refractivity contribution in [2.24, 2.45) is 0 Å². The van der Waals surface area contributed by atoms with Gasteiger partial charge in [-0.3, -0.25) is 0 Å². The number of nitrogens with zero attached hydrogens (tertiary/aromatic N) is 3. The van der Waals surface area contributed by atoms with E-state index >= 15 is 0 Å². The van der Waals surface area contributed by atoms with Gasteiger partial charge < -0.3 is 9.47 Å². The van der Waals surface area contributed by atoms with Gasteiger partial charge in [-0.05, 0) is 38.3 Å². The lowest BCUT2D eigenvalue weighted by Gasteiger charge is -2.23. The minimum atomic E-state index is 1.08. The molecule has 4 heteroatoms. The van der Waals surface area contributed by atoms with Crippen LogP contribution in [0.1, 0.15) is 25.0 Å². The molecular formula is C17H23N4+. The molecule has 1 aromatic carbocycles. The molecule has 0 unspecified atom stereocenters. The highest BCUT2D eigenvalue weighted by molar-refractivity contribution is 5.81. The average Bonchev–Trinajstić information content (AvgIpc) is 3.02. The number of rotatable bonds is 3. The van der Waals surface area contributed by atoms with E-state index in [1.54, 1.807) is 4.90 Å². The minimum Gasteiger partial charge on any atom is -0.333 e. The second-order valence-electron chi connectivity index (χ2n) is 6.26. The van der Waals surface area contributed by atoms with Crippen molar-refractivity contribution in [1.82, 2.24) is 14.2 Å². The van der Waals surface area contributed by atoms with E-state index in [2.05, 4.69) is 51.4 Å². The molecule has 0 saturated carbocycles. The first-order valence-electron chi connectivity index (χ1n) is 8.10. The summed E-state index contributed by atoms with van der Waals surface area (Å²) in [5, 5.41) is 4.65. The highest BCUT2D eigenvalue weighted by atomic mass is 15.3. The Morgan fingerprint density at radius 3 is 2.67 bits per heavy atom. The van der Waals surface area contributed by atoms with Crippen molar-refractivity contribution in [2.75, 3.05) is 19.6 Å². The van der Waals surface area contributed by atoms with Gasteiger partial charge in [-0.2, -0.15) is 5.10 Å². The topological polar surface area (TPSA) is 26.7 Å². The summed E-state index contributed by atoms with van der Waals surface area (Å²) in [5.41, 5.74) is 4.84. The van der Waals surface area contributed by atoms with Gasteiger partial charge in [-0.25, -0.2) is 4.52 Å². The molecule has 2 aromatic heterocycles. The fourth-order valence-electron chi connectivity index (χ4n) is 3.66. The molecule has 0 amide bonds. The number of imidazole rings is 1. The van der Waals surface area contributed by atoms with Gasteiger partial charge >= 0.3 is 0 Å². The first-order chi connectivity index (χ1) is 10.3. The van der Waals surface area contributed by atoms with Crippen LogP contribution in [0.15, 0.2) is 30.3 Å². The van der Waals surface area contributed by atoms with Gasteiger partial charge in [0.25, 0.3) is 0 Å². The van der Waals surface area contributed by atoms with E-state index in [1.165, 1.54) is 55.6 Å². The van der Waals surface area contributed by atoms with Gasteiger partial charge in [-0.1, -0.05) is 12.1 Å². The lowest BCUT2D eigenvalue weighted by molar-refractivity contribution is -0.905. The minimum absolute atomic E-state index is 1.08. The van der Waals surface area contributed by atoms with Gasteiger partial charge in [0.15, 0.2) is 0 Å². The van der Waals surface area contributed by atoms with E-state index in [1.807, 2.05) is 0 Å². The van der Waals surface area contributed by atoms with Crippen molar-refractivity contribution < 1.29 is 4.90 Å². The molecule has 0 spiro atoms. The standard InChI is InChI=1S/C17H22N4/c1-14-13-17-20(12-11-19-9-5-2-6-10-19)15-7-3-4-8-16(15)21(17)18-14/h3-4,7-8,13H,2,5-6,9-12H2,1H3/p+1. The van der Waals surface area contributed by atoms with Crippen LogP contribution in [0.25, 0.3) is 16.7 Å². The average molecular weight is 283 g/mol. The number of hydrogen-bond acceptors (Lipinski definition) is 1. The fraction of sp³-hybridized carbons (Fsp3) is 0.471. The molecule has 0 aliphatic carbocycles. The van der Waals surface area contributed by atoms with Gasteiger partial charge in [0, 0.05) is 6.07 Å². The lowest BCUT2D eigenvalue weighted by Crippen LogP contribution is -3.13. The van der Waals surface area contributed by atoms with E-state index in [4.69, 9.17) is 0 Å². The van der Waals surface area contributed by atoms with Crippen molar-refractivity contribution in [1.29, 1.82) is 0 Å². The predicted octanol–water partition coefficient (Wildman–Crippen LogP) is 1.67. The Bertz CT molecular complexity index is 762. The summed E-state index contributed by atoms with van der Waals surface area (Å²) >= 11 is 0. The Kier molecular flexibility index (Phi) is 3.19. The van der Waals surface area contributed by atoms with Gasteiger partial charge in [0.05, 0.1) is 42.9 Å². The Balaban J connectivity index is 1.71. The fourth-order valence-corrected chi connectivity index (χ4v) is 3.66. The Morgan fingerprint density at radius 2 is 1.86 bits per heavy atom. The number of nitrogens with one attached hydrogen (secondary N) is 1. The van der Waals surface area contributed by atoms with Crippen LogP contribution in [-0.2, 0) is 6.54 Å². The van der Waals surface area contributed by atoms with Crippen LogP contribution in [0, 0.1) is 6.92 Å². The molecule has 0 bridgehead atoms. The smallest absolute Gasteiger partial charge is 0.137 e. The molecule has 3 aromatic rings. The van der Waals surface area contributed by atoms with E-state index in [0.29, 0.717) is 0 Å². The Morgan fingerprint density at radius 1 is 1.10 bits per heavy atom. The summed E-state index contributed by atoms with van der Waals surface area (Å²) in [5.74, 6) is 0. The number of likely N-dealkylation sites (tertiary alicyclic amines) is 1. The predicted molar refractivity (Wildman–Crippen MR) is 84.8 cm³/mol. The van der Waals surface area contributed by atoms with E-state index in [0.717, 1.165) is 12.2 Å². The van der Waals surface area contributed by atoms with Crippen molar-refractivity contribution in [2.45, 2.75) is 32.7 Å². The quantitative estimate of drug-likeness (QED) is 0.777. The molecule has 1 saturated heterocycles. The van der Waals surface area contributed by atoms with Crippen LogP contribution >= 0.6 is 0 Å². The monoisotopic (exact) mass is 283 g/mol. The maximum atomic E-state index is 4.65. The number of aromatic nitrogens is 3. The maximum Gasteiger partial charge on any atom is 0.137 e. The third-order valence-corrected chi connectivity index (χ3v) is 4.74. The van der Waals surface area contributed by atoms with Crippen LogP contribution in [0.3, 0.4) is 0 Å². The van der Waals surface area contributed by atoms with Crippen LogP contribution in [0.5, 0.6) is 0 Å². The molecule has 0 radical (unpaired) electrons. The van der Waals surface area contributed by atoms with Crippen LogP contribution < -0.4 is 4.90 Å². The van der Waals surface area contributed by atoms with Crippen molar-refractivity contribution in [3.63, 3.8) is 0 Å². The highest BCUT2D eigenvalue weighted by Gasteiger charge is 2.16. The molecule has 4 nitrogen and oxygen atoms in total. The number of fused-ring (bicyclic) bond motifs is 3. The van der Waals surface area contributed by atoms with Crippen molar-refractivity contribution >= 4 is 16.7 Å². The summed E-state index contributed by atoms with van der Waals surface area (Å²) in [6.45, 7) is 7.06. The van der Waals surface area contributed by atoms with Crippen LogP contribution in [0.2, 0.25) is 0 Å². The molecule has 3 heterocycles. The largest absolute Gasteiger partial charge is 0.333 e. The number of quaternary nitrogens is 1. The van der Waals surface area contributed by atoms with Crippen LogP contribution in [-0.4, -0.2) is 33.8 Å². The third-order valence-electron chi connectivity index (χ3n) is 4.74. The number of aryl methyl sites for hydroxylation is 1. The lowest BCUT2D eigenvalue weighted by atomic mass is 10.1. The Hall–Kier alpha value is -1.81. The summed E-state index contributed by atoms with van der Waals surface area (Å²) in [6, 6.07) is 10.8.